The van der Waals surface area contributed by atoms with Gasteiger partial charge in [0, 0.05) is 12.1 Å². The molecule has 3 unspecified atom stereocenters. The van der Waals surface area contributed by atoms with Gasteiger partial charge in [-0.05, 0) is 81.3 Å². The molecule has 2 nitrogen and oxygen atoms in total. The van der Waals surface area contributed by atoms with Crippen molar-refractivity contribution in [3.63, 3.8) is 0 Å². The molecule has 0 radical (unpaired) electrons. The molecule has 3 rings (SSSR count). The van der Waals surface area contributed by atoms with E-state index in [1.807, 2.05) is 13.0 Å². The predicted molar refractivity (Wildman–Crippen MR) is 89.6 cm³/mol. The van der Waals surface area contributed by atoms with Crippen LogP contribution in [-0.2, 0) is 6.42 Å². The second-order valence-corrected chi connectivity index (χ2v) is 7.03. The average Bonchev–Trinajstić information content (AvgIpc) is 2.99. The van der Waals surface area contributed by atoms with Crippen LogP contribution in [-0.4, -0.2) is 25.2 Å². The van der Waals surface area contributed by atoms with Crippen molar-refractivity contribution < 1.29 is 4.39 Å². The second kappa shape index (κ2) is 7.56. The molecule has 0 aromatic heterocycles. The smallest absolute Gasteiger partial charge is 0.123 e. The molecule has 1 aromatic carbocycles. The van der Waals surface area contributed by atoms with E-state index in [1.165, 1.54) is 50.6 Å². The van der Waals surface area contributed by atoms with Gasteiger partial charge in [0.25, 0.3) is 0 Å². The van der Waals surface area contributed by atoms with Crippen LogP contribution in [0.1, 0.15) is 49.7 Å². The summed E-state index contributed by atoms with van der Waals surface area (Å²) in [5, 5.41) is 7.52. The minimum atomic E-state index is -0.131. The highest BCUT2D eigenvalue weighted by Crippen LogP contribution is 2.31. The van der Waals surface area contributed by atoms with Gasteiger partial charge in [-0.15, -0.1) is 0 Å². The van der Waals surface area contributed by atoms with Crippen molar-refractivity contribution in [1.82, 2.24) is 10.6 Å². The number of hydrogen-bond acceptors (Lipinski definition) is 2. The molecule has 3 atom stereocenters. The van der Waals surface area contributed by atoms with E-state index in [1.54, 1.807) is 12.1 Å². The Morgan fingerprint density at radius 1 is 1.18 bits per heavy atom. The third-order valence-electron chi connectivity index (χ3n) is 5.54. The first kappa shape index (κ1) is 15.9. The molecule has 1 heterocycles. The Balaban J connectivity index is 1.49. The molecule has 0 bridgehead atoms. The summed E-state index contributed by atoms with van der Waals surface area (Å²) >= 11 is 0. The van der Waals surface area contributed by atoms with Crippen molar-refractivity contribution in [2.24, 2.45) is 5.92 Å². The van der Waals surface area contributed by atoms with Gasteiger partial charge in [-0.1, -0.05) is 18.9 Å². The van der Waals surface area contributed by atoms with Crippen LogP contribution >= 0.6 is 0 Å². The molecular formula is C19H29FN2. The minimum absolute atomic E-state index is 0.131. The highest BCUT2D eigenvalue weighted by atomic mass is 19.1. The van der Waals surface area contributed by atoms with Crippen LogP contribution in [0.2, 0.25) is 0 Å². The summed E-state index contributed by atoms with van der Waals surface area (Å²) in [7, 11) is 0. The zero-order valence-electron chi connectivity index (χ0n) is 13.7. The van der Waals surface area contributed by atoms with Gasteiger partial charge in [-0.25, -0.2) is 4.39 Å². The zero-order chi connectivity index (χ0) is 15.4. The maximum atomic E-state index is 13.1. The first-order chi connectivity index (χ1) is 10.7. The van der Waals surface area contributed by atoms with Gasteiger partial charge in [-0.3, -0.25) is 0 Å². The molecule has 1 aromatic rings. The number of rotatable bonds is 5. The van der Waals surface area contributed by atoms with E-state index in [9.17, 15) is 4.39 Å². The first-order valence-electron chi connectivity index (χ1n) is 8.96. The lowest BCUT2D eigenvalue weighted by Crippen LogP contribution is -2.47. The van der Waals surface area contributed by atoms with Gasteiger partial charge in [-0.2, -0.15) is 0 Å². The van der Waals surface area contributed by atoms with Crippen LogP contribution in [0.3, 0.4) is 0 Å². The predicted octanol–water partition coefficient (Wildman–Crippen LogP) is 3.58. The molecule has 1 saturated heterocycles. The minimum Gasteiger partial charge on any atom is -0.314 e. The Morgan fingerprint density at radius 2 is 2.09 bits per heavy atom. The van der Waals surface area contributed by atoms with E-state index in [2.05, 4.69) is 10.6 Å². The zero-order valence-corrected chi connectivity index (χ0v) is 13.7. The van der Waals surface area contributed by atoms with Crippen LogP contribution in [0.5, 0.6) is 0 Å². The molecule has 3 heteroatoms. The molecule has 0 spiro atoms. The number of aryl methyl sites for hydroxylation is 1. The number of halogens is 1. The van der Waals surface area contributed by atoms with Crippen molar-refractivity contribution in [1.29, 1.82) is 0 Å². The largest absolute Gasteiger partial charge is 0.314 e. The highest BCUT2D eigenvalue weighted by Gasteiger charge is 2.33. The van der Waals surface area contributed by atoms with E-state index >= 15 is 0 Å². The number of benzene rings is 1. The standard InChI is InChI=1S/C19H29FN2/c1-14-13-16(20)9-8-15(14)10-12-22-19-7-4-5-17(19)18-6-2-3-11-21-18/h8-9,13,17-19,21-22H,2-7,10-12H2,1H3. The molecular weight excluding hydrogens is 275 g/mol. The molecule has 122 valence electrons. The fourth-order valence-corrected chi connectivity index (χ4v) is 4.30. The lowest BCUT2D eigenvalue weighted by Gasteiger charge is -2.33. The summed E-state index contributed by atoms with van der Waals surface area (Å²) in [4.78, 5) is 0. The number of hydrogen-bond donors (Lipinski definition) is 2. The van der Waals surface area contributed by atoms with E-state index in [-0.39, 0.29) is 5.82 Å². The van der Waals surface area contributed by atoms with E-state index in [4.69, 9.17) is 0 Å². The third kappa shape index (κ3) is 3.88. The molecule has 1 aliphatic carbocycles. The van der Waals surface area contributed by atoms with Crippen LogP contribution < -0.4 is 10.6 Å². The third-order valence-corrected chi connectivity index (χ3v) is 5.54. The first-order valence-corrected chi connectivity index (χ1v) is 8.96. The fraction of sp³-hybridized carbons (Fsp3) is 0.684. The fourth-order valence-electron chi connectivity index (χ4n) is 4.30. The van der Waals surface area contributed by atoms with Gasteiger partial charge < -0.3 is 10.6 Å². The Kier molecular flexibility index (Phi) is 5.48. The van der Waals surface area contributed by atoms with Gasteiger partial charge >= 0.3 is 0 Å². The van der Waals surface area contributed by atoms with Gasteiger partial charge in [0.1, 0.15) is 5.82 Å². The Morgan fingerprint density at radius 3 is 2.86 bits per heavy atom. The summed E-state index contributed by atoms with van der Waals surface area (Å²) in [6.07, 6.45) is 9.10. The van der Waals surface area contributed by atoms with E-state index < -0.39 is 0 Å². The Bertz CT molecular complexity index is 482. The summed E-state index contributed by atoms with van der Waals surface area (Å²) in [6, 6.07) is 6.53. The Labute approximate surface area is 133 Å². The summed E-state index contributed by atoms with van der Waals surface area (Å²) in [5.41, 5.74) is 2.33. The van der Waals surface area contributed by atoms with Gasteiger partial charge in [0.2, 0.25) is 0 Å². The van der Waals surface area contributed by atoms with Crippen molar-refractivity contribution in [3.05, 3.63) is 35.1 Å². The van der Waals surface area contributed by atoms with Crippen molar-refractivity contribution in [2.45, 2.75) is 64.0 Å². The number of nitrogens with one attached hydrogen (secondary N) is 2. The van der Waals surface area contributed by atoms with Crippen LogP contribution in [0.25, 0.3) is 0 Å². The van der Waals surface area contributed by atoms with Crippen LogP contribution in [0.4, 0.5) is 4.39 Å². The van der Waals surface area contributed by atoms with Gasteiger partial charge in [0.15, 0.2) is 0 Å². The monoisotopic (exact) mass is 304 g/mol. The summed E-state index contributed by atoms with van der Waals surface area (Å²) in [5.74, 6) is 0.669. The number of piperidine rings is 1. The van der Waals surface area contributed by atoms with Crippen molar-refractivity contribution >= 4 is 0 Å². The highest BCUT2D eigenvalue weighted by molar-refractivity contribution is 5.26. The van der Waals surface area contributed by atoms with Crippen LogP contribution in [0.15, 0.2) is 18.2 Å². The summed E-state index contributed by atoms with van der Waals surface area (Å²) in [6.45, 7) is 4.20. The SMILES string of the molecule is Cc1cc(F)ccc1CCNC1CCCC1C1CCCCN1. The molecule has 1 aliphatic heterocycles. The molecule has 2 N–H and O–H groups in total. The van der Waals surface area contributed by atoms with Gasteiger partial charge in [0.05, 0.1) is 0 Å². The van der Waals surface area contributed by atoms with Crippen molar-refractivity contribution in [2.75, 3.05) is 13.1 Å². The molecule has 0 amide bonds. The summed E-state index contributed by atoms with van der Waals surface area (Å²) < 4.78 is 13.1. The topological polar surface area (TPSA) is 24.1 Å². The Hall–Kier alpha value is -0.930. The maximum Gasteiger partial charge on any atom is 0.123 e. The second-order valence-electron chi connectivity index (χ2n) is 7.03. The molecule has 2 aliphatic rings. The van der Waals surface area contributed by atoms with E-state index in [0.29, 0.717) is 6.04 Å². The maximum absolute atomic E-state index is 13.1. The molecule has 22 heavy (non-hydrogen) atoms. The normalized spacial score (nSPS) is 28.9. The quantitative estimate of drug-likeness (QED) is 0.869. The molecule has 2 fully saturated rings. The molecule has 1 saturated carbocycles. The lowest BCUT2D eigenvalue weighted by atomic mass is 9.88. The van der Waals surface area contributed by atoms with E-state index in [0.717, 1.165) is 30.5 Å². The van der Waals surface area contributed by atoms with Crippen LogP contribution in [0, 0.1) is 18.7 Å². The van der Waals surface area contributed by atoms with Crippen molar-refractivity contribution in [3.8, 4) is 0 Å². The average molecular weight is 304 g/mol. The lowest BCUT2D eigenvalue weighted by molar-refractivity contribution is 0.258.